The van der Waals surface area contributed by atoms with E-state index in [0.717, 1.165) is 5.56 Å². The fraction of sp³-hybridized carbons (Fsp3) is 0.176. The van der Waals surface area contributed by atoms with Crippen LogP contribution in [-0.2, 0) is 5.54 Å². The molecule has 0 aliphatic carbocycles. The Hall–Kier alpha value is -2.31. The molecule has 0 saturated heterocycles. The SMILES string of the molecule is CC(CCl)(NC(=O)c1cccc(C#N)c1)c1ccccc1. The number of nitrogens with zero attached hydrogens (tertiary/aromatic N) is 1. The van der Waals surface area contributed by atoms with E-state index < -0.39 is 5.54 Å². The monoisotopic (exact) mass is 298 g/mol. The van der Waals surface area contributed by atoms with Gasteiger partial charge < -0.3 is 5.32 Å². The van der Waals surface area contributed by atoms with Gasteiger partial charge in [0.25, 0.3) is 5.91 Å². The largest absolute Gasteiger partial charge is 0.342 e. The van der Waals surface area contributed by atoms with Crippen LogP contribution in [0.15, 0.2) is 54.6 Å². The number of amides is 1. The van der Waals surface area contributed by atoms with Crippen LogP contribution in [0.2, 0.25) is 0 Å². The Balaban J connectivity index is 2.26. The van der Waals surface area contributed by atoms with Gasteiger partial charge in [0.2, 0.25) is 0 Å². The van der Waals surface area contributed by atoms with Crippen LogP contribution in [0.25, 0.3) is 0 Å². The molecule has 1 unspecified atom stereocenters. The summed E-state index contributed by atoms with van der Waals surface area (Å²) in [4.78, 5) is 12.4. The van der Waals surface area contributed by atoms with E-state index in [1.54, 1.807) is 24.3 Å². The molecule has 0 bridgehead atoms. The van der Waals surface area contributed by atoms with Crippen LogP contribution >= 0.6 is 11.6 Å². The second-order valence-corrected chi connectivity index (χ2v) is 5.25. The predicted molar refractivity (Wildman–Crippen MR) is 83.1 cm³/mol. The summed E-state index contributed by atoms with van der Waals surface area (Å²) in [6, 6.07) is 18.2. The second kappa shape index (κ2) is 6.43. The summed E-state index contributed by atoms with van der Waals surface area (Å²) >= 11 is 6.07. The summed E-state index contributed by atoms with van der Waals surface area (Å²) in [5.74, 6) is -0.000142. The van der Waals surface area contributed by atoms with E-state index in [9.17, 15) is 4.79 Å². The van der Waals surface area contributed by atoms with Crippen molar-refractivity contribution in [3.63, 3.8) is 0 Å². The van der Waals surface area contributed by atoms with E-state index in [-0.39, 0.29) is 11.8 Å². The Morgan fingerprint density at radius 1 is 1.24 bits per heavy atom. The summed E-state index contributed by atoms with van der Waals surface area (Å²) in [5, 5.41) is 11.8. The maximum atomic E-state index is 12.4. The van der Waals surface area contributed by atoms with Gasteiger partial charge in [0.1, 0.15) is 0 Å². The summed E-state index contributed by atoms with van der Waals surface area (Å²) in [6.07, 6.45) is 0. The minimum absolute atomic E-state index is 0.251. The number of halogens is 1. The summed E-state index contributed by atoms with van der Waals surface area (Å²) in [5.41, 5.74) is 1.17. The molecule has 0 aliphatic heterocycles. The lowest BCUT2D eigenvalue weighted by Crippen LogP contribution is -2.45. The number of benzene rings is 2. The molecule has 0 heterocycles. The molecule has 0 spiro atoms. The fourth-order valence-electron chi connectivity index (χ4n) is 2.04. The number of alkyl halides is 1. The molecule has 0 saturated carbocycles. The first-order valence-corrected chi connectivity index (χ1v) is 7.07. The molecule has 2 aromatic carbocycles. The fourth-order valence-corrected chi connectivity index (χ4v) is 2.26. The lowest BCUT2D eigenvalue weighted by Gasteiger charge is -2.29. The highest BCUT2D eigenvalue weighted by atomic mass is 35.5. The molecule has 2 aromatic rings. The van der Waals surface area contributed by atoms with Crippen molar-refractivity contribution < 1.29 is 4.79 Å². The molecular formula is C17H15ClN2O. The van der Waals surface area contributed by atoms with Crippen molar-refractivity contribution in [3.8, 4) is 6.07 Å². The van der Waals surface area contributed by atoms with Gasteiger partial charge in [0.05, 0.1) is 17.2 Å². The minimum atomic E-state index is -0.664. The molecule has 2 rings (SSSR count). The lowest BCUT2D eigenvalue weighted by atomic mass is 9.93. The summed E-state index contributed by atoms with van der Waals surface area (Å²) in [7, 11) is 0. The van der Waals surface area contributed by atoms with E-state index in [2.05, 4.69) is 5.32 Å². The van der Waals surface area contributed by atoms with Gasteiger partial charge in [-0.15, -0.1) is 11.6 Å². The standard InChI is InChI=1S/C17H15ClN2O/c1-17(12-18,15-8-3-2-4-9-15)20-16(21)14-7-5-6-13(10-14)11-19/h2-10H,12H2,1H3,(H,20,21). The highest BCUT2D eigenvalue weighted by molar-refractivity contribution is 6.19. The Morgan fingerprint density at radius 3 is 2.57 bits per heavy atom. The van der Waals surface area contributed by atoms with Crippen molar-refractivity contribution in [3.05, 3.63) is 71.3 Å². The number of hydrogen-bond donors (Lipinski definition) is 1. The van der Waals surface area contributed by atoms with Gasteiger partial charge in [-0.3, -0.25) is 4.79 Å². The first kappa shape index (κ1) is 15.1. The molecule has 0 aromatic heterocycles. The zero-order valence-corrected chi connectivity index (χ0v) is 12.4. The zero-order chi connectivity index (χ0) is 15.3. The third-order valence-corrected chi connectivity index (χ3v) is 3.86. The van der Waals surface area contributed by atoms with E-state index in [1.165, 1.54) is 0 Å². The topological polar surface area (TPSA) is 52.9 Å². The van der Waals surface area contributed by atoms with Gasteiger partial charge >= 0.3 is 0 Å². The molecule has 0 fully saturated rings. The van der Waals surface area contributed by atoms with Gasteiger partial charge in [-0.1, -0.05) is 36.4 Å². The molecule has 0 radical (unpaired) electrons. The van der Waals surface area contributed by atoms with Crippen LogP contribution in [0.4, 0.5) is 0 Å². The third kappa shape index (κ3) is 3.42. The average Bonchev–Trinajstić information content (AvgIpc) is 2.55. The lowest BCUT2D eigenvalue weighted by molar-refractivity contribution is 0.0913. The second-order valence-electron chi connectivity index (χ2n) is 4.98. The van der Waals surface area contributed by atoms with Gasteiger partial charge in [-0.25, -0.2) is 0 Å². The highest BCUT2D eigenvalue weighted by Crippen LogP contribution is 2.22. The van der Waals surface area contributed by atoms with Crippen LogP contribution in [0.1, 0.15) is 28.4 Å². The van der Waals surface area contributed by atoms with Crippen molar-refractivity contribution in [2.75, 3.05) is 5.88 Å². The van der Waals surface area contributed by atoms with Gasteiger partial charge in [-0.05, 0) is 30.7 Å². The molecule has 1 N–H and O–H groups in total. The third-order valence-electron chi connectivity index (χ3n) is 3.32. The number of carbonyl (C=O) groups excluding carboxylic acids is 1. The molecule has 4 heteroatoms. The van der Waals surface area contributed by atoms with Crippen LogP contribution in [0, 0.1) is 11.3 Å². The normalized spacial score (nSPS) is 13.0. The smallest absolute Gasteiger partial charge is 0.252 e. The summed E-state index contributed by atoms with van der Waals surface area (Å²) < 4.78 is 0. The predicted octanol–water partition coefficient (Wildman–Crippen LogP) is 3.44. The maximum Gasteiger partial charge on any atom is 0.252 e. The van der Waals surface area contributed by atoms with Crippen molar-refractivity contribution >= 4 is 17.5 Å². The van der Waals surface area contributed by atoms with Gasteiger partial charge in [-0.2, -0.15) is 5.26 Å². The quantitative estimate of drug-likeness (QED) is 0.879. The Bertz CT molecular complexity index is 679. The first-order valence-electron chi connectivity index (χ1n) is 6.53. The molecule has 106 valence electrons. The molecular weight excluding hydrogens is 284 g/mol. The van der Waals surface area contributed by atoms with Crippen LogP contribution in [0.3, 0.4) is 0 Å². The summed E-state index contributed by atoms with van der Waals surface area (Å²) in [6.45, 7) is 1.88. The maximum absolute atomic E-state index is 12.4. The molecule has 1 amide bonds. The number of hydrogen-bond acceptors (Lipinski definition) is 2. The molecule has 0 aliphatic rings. The molecule has 21 heavy (non-hydrogen) atoms. The molecule has 1 atom stereocenters. The van der Waals surface area contributed by atoms with Gasteiger partial charge in [0.15, 0.2) is 0 Å². The Labute approximate surface area is 129 Å². The van der Waals surface area contributed by atoms with E-state index in [4.69, 9.17) is 16.9 Å². The zero-order valence-electron chi connectivity index (χ0n) is 11.6. The number of rotatable bonds is 4. The van der Waals surface area contributed by atoms with Crippen LogP contribution < -0.4 is 5.32 Å². The van der Waals surface area contributed by atoms with Crippen LogP contribution in [0.5, 0.6) is 0 Å². The van der Waals surface area contributed by atoms with Crippen molar-refractivity contribution in [1.82, 2.24) is 5.32 Å². The Morgan fingerprint density at radius 2 is 1.95 bits per heavy atom. The minimum Gasteiger partial charge on any atom is -0.342 e. The average molecular weight is 299 g/mol. The van der Waals surface area contributed by atoms with E-state index >= 15 is 0 Å². The van der Waals surface area contributed by atoms with Gasteiger partial charge in [0, 0.05) is 11.4 Å². The first-order chi connectivity index (χ1) is 10.1. The van der Waals surface area contributed by atoms with Crippen molar-refractivity contribution in [1.29, 1.82) is 5.26 Å². The van der Waals surface area contributed by atoms with Crippen molar-refractivity contribution in [2.24, 2.45) is 0 Å². The number of nitrogens with one attached hydrogen (secondary N) is 1. The Kier molecular flexibility index (Phi) is 4.62. The molecule has 3 nitrogen and oxygen atoms in total. The van der Waals surface area contributed by atoms with Crippen LogP contribution in [-0.4, -0.2) is 11.8 Å². The number of carbonyl (C=O) groups is 1. The highest BCUT2D eigenvalue weighted by Gasteiger charge is 2.27. The van der Waals surface area contributed by atoms with E-state index in [0.29, 0.717) is 11.1 Å². The van der Waals surface area contributed by atoms with E-state index in [1.807, 2.05) is 43.3 Å². The van der Waals surface area contributed by atoms with Crippen molar-refractivity contribution in [2.45, 2.75) is 12.5 Å². The number of nitriles is 1.